The van der Waals surface area contributed by atoms with Crippen LogP contribution in [-0.2, 0) is 16.0 Å². The van der Waals surface area contributed by atoms with E-state index in [0.717, 1.165) is 25.9 Å². The summed E-state index contributed by atoms with van der Waals surface area (Å²) in [6, 6.07) is 3.47. The number of nitrogens with zero attached hydrogens (tertiary/aromatic N) is 3. The van der Waals surface area contributed by atoms with E-state index in [1.54, 1.807) is 22.9 Å². The van der Waals surface area contributed by atoms with Crippen molar-refractivity contribution in [3.8, 4) is 0 Å². The van der Waals surface area contributed by atoms with Crippen molar-refractivity contribution in [1.29, 1.82) is 0 Å². The fraction of sp³-hybridized carbons (Fsp3) is 0.500. The molecule has 1 aliphatic rings. The zero-order valence-corrected chi connectivity index (χ0v) is 11.2. The Morgan fingerprint density at radius 3 is 3.20 bits per heavy atom. The third-order valence-electron chi connectivity index (χ3n) is 3.37. The summed E-state index contributed by atoms with van der Waals surface area (Å²) in [6.07, 6.45) is 6.17. The van der Waals surface area contributed by atoms with Gasteiger partial charge in [0.2, 0.25) is 0 Å². The van der Waals surface area contributed by atoms with Gasteiger partial charge in [-0.3, -0.25) is 9.36 Å². The maximum atomic E-state index is 12.2. The van der Waals surface area contributed by atoms with Crippen LogP contribution in [-0.4, -0.2) is 34.0 Å². The topological polar surface area (TPSA) is 66.2 Å². The molecule has 1 aliphatic heterocycles. The van der Waals surface area contributed by atoms with Crippen LogP contribution in [0.25, 0.3) is 11.0 Å². The van der Waals surface area contributed by atoms with Crippen molar-refractivity contribution in [1.82, 2.24) is 14.5 Å². The third kappa shape index (κ3) is 2.86. The summed E-state index contributed by atoms with van der Waals surface area (Å²) in [5.41, 5.74) is 0.390. The zero-order valence-electron chi connectivity index (χ0n) is 11.2. The Morgan fingerprint density at radius 1 is 1.40 bits per heavy atom. The van der Waals surface area contributed by atoms with Gasteiger partial charge in [-0.2, -0.15) is 0 Å². The average Bonchev–Trinajstić information content (AvgIpc) is 2.51. The molecule has 0 spiro atoms. The Labute approximate surface area is 116 Å². The molecular formula is C14H17N3O3. The fourth-order valence-electron chi connectivity index (χ4n) is 2.28. The number of pyridine rings is 1. The van der Waals surface area contributed by atoms with Crippen molar-refractivity contribution >= 4 is 11.0 Å². The van der Waals surface area contributed by atoms with Crippen molar-refractivity contribution in [2.24, 2.45) is 0 Å². The summed E-state index contributed by atoms with van der Waals surface area (Å²) in [4.78, 5) is 20.4. The van der Waals surface area contributed by atoms with Gasteiger partial charge in [-0.1, -0.05) is 0 Å². The molecule has 3 heterocycles. The van der Waals surface area contributed by atoms with E-state index in [1.807, 2.05) is 0 Å². The molecule has 0 radical (unpaired) electrons. The average molecular weight is 275 g/mol. The van der Waals surface area contributed by atoms with Gasteiger partial charge in [-0.15, -0.1) is 0 Å². The van der Waals surface area contributed by atoms with Crippen molar-refractivity contribution in [3.05, 3.63) is 35.0 Å². The molecule has 2 aromatic rings. The van der Waals surface area contributed by atoms with Crippen molar-refractivity contribution in [2.75, 3.05) is 13.2 Å². The quantitative estimate of drug-likeness (QED) is 0.842. The lowest BCUT2D eigenvalue weighted by Crippen LogP contribution is -2.27. The van der Waals surface area contributed by atoms with Gasteiger partial charge < -0.3 is 9.47 Å². The van der Waals surface area contributed by atoms with Crippen LogP contribution in [0, 0.1) is 0 Å². The molecular weight excluding hydrogens is 258 g/mol. The first-order chi connectivity index (χ1) is 9.84. The summed E-state index contributed by atoms with van der Waals surface area (Å²) < 4.78 is 12.7. The molecule has 106 valence electrons. The molecule has 0 unspecified atom stereocenters. The Balaban J connectivity index is 1.65. The SMILES string of the molecule is O=c1c2cccnc2ncn1CCO[C@@H]1CCCCO1. The number of fused-ring (bicyclic) bond motifs is 1. The first-order valence-electron chi connectivity index (χ1n) is 6.88. The van der Waals surface area contributed by atoms with E-state index >= 15 is 0 Å². The second-order valence-electron chi connectivity index (χ2n) is 4.78. The number of hydrogen-bond donors (Lipinski definition) is 0. The number of hydrogen-bond acceptors (Lipinski definition) is 5. The summed E-state index contributed by atoms with van der Waals surface area (Å²) in [5.74, 6) is 0. The minimum atomic E-state index is -0.130. The van der Waals surface area contributed by atoms with Crippen LogP contribution >= 0.6 is 0 Å². The second kappa shape index (κ2) is 6.11. The van der Waals surface area contributed by atoms with Gasteiger partial charge in [0.15, 0.2) is 11.9 Å². The molecule has 0 aliphatic carbocycles. The molecule has 3 rings (SSSR count). The highest BCUT2D eigenvalue weighted by molar-refractivity contribution is 5.72. The van der Waals surface area contributed by atoms with E-state index in [0.29, 0.717) is 24.2 Å². The van der Waals surface area contributed by atoms with Gasteiger partial charge in [0.05, 0.1) is 18.5 Å². The maximum Gasteiger partial charge on any atom is 0.262 e. The van der Waals surface area contributed by atoms with Gasteiger partial charge >= 0.3 is 0 Å². The monoisotopic (exact) mass is 275 g/mol. The van der Waals surface area contributed by atoms with E-state index in [-0.39, 0.29) is 11.8 Å². The van der Waals surface area contributed by atoms with E-state index < -0.39 is 0 Å². The molecule has 1 fully saturated rings. The molecule has 0 N–H and O–H groups in total. The van der Waals surface area contributed by atoms with Crippen LogP contribution in [0.4, 0.5) is 0 Å². The Bertz CT molecular complexity index is 635. The van der Waals surface area contributed by atoms with Gasteiger partial charge in [0.25, 0.3) is 5.56 Å². The van der Waals surface area contributed by atoms with Crippen LogP contribution in [0.2, 0.25) is 0 Å². The maximum absolute atomic E-state index is 12.2. The number of ether oxygens (including phenoxy) is 2. The summed E-state index contributed by atoms with van der Waals surface area (Å²) >= 11 is 0. The first kappa shape index (κ1) is 13.2. The lowest BCUT2D eigenvalue weighted by molar-refractivity contribution is -0.163. The minimum absolute atomic E-state index is 0.0868. The molecule has 0 bridgehead atoms. The smallest absolute Gasteiger partial charge is 0.262 e. The number of aromatic nitrogens is 3. The van der Waals surface area contributed by atoms with Gasteiger partial charge in [-0.05, 0) is 31.4 Å². The van der Waals surface area contributed by atoms with Gasteiger partial charge in [0.1, 0.15) is 6.33 Å². The summed E-state index contributed by atoms with van der Waals surface area (Å²) in [6.45, 7) is 1.67. The predicted molar refractivity (Wildman–Crippen MR) is 73.3 cm³/mol. The zero-order chi connectivity index (χ0) is 13.8. The van der Waals surface area contributed by atoms with E-state index in [2.05, 4.69) is 9.97 Å². The Kier molecular flexibility index (Phi) is 4.03. The minimum Gasteiger partial charge on any atom is -0.353 e. The van der Waals surface area contributed by atoms with Gasteiger partial charge in [-0.25, -0.2) is 9.97 Å². The molecule has 0 saturated carbocycles. The lowest BCUT2D eigenvalue weighted by Gasteiger charge is -2.22. The van der Waals surface area contributed by atoms with Gasteiger partial charge in [0, 0.05) is 12.8 Å². The molecule has 0 amide bonds. The highest BCUT2D eigenvalue weighted by atomic mass is 16.7. The van der Waals surface area contributed by atoms with E-state index in [4.69, 9.17) is 9.47 Å². The fourth-order valence-corrected chi connectivity index (χ4v) is 2.28. The van der Waals surface area contributed by atoms with E-state index in [9.17, 15) is 4.79 Å². The Morgan fingerprint density at radius 2 is 2.35 bits per heavy atom. The lowest BCUT2D eigenvalue weighted by atomic mass is 10.2. The van der Waals surface area contributed by atoms with Crippen LogP contribution in [0.1, 0.15) is 19.3 Å². The largest absolute Gasteiger partial charge is 0.353 e. The molecule has 20 heavy (non-hydrogen) atoms. The summed E-state index contributed by atoms with van der Waals surface area (Å²) in [7, 11) is 0. The van der Waals surface area contributed by atoms with Crippen LogP contribution in [0.5, 0.6) is 0 Å². The standard InChI is InChI=1S/C14H17N3O3/c18-14-11-4-3-6-15-13(11)16-10-17(14)7-9-20-12-5-1-2-8-19-12/h3-4,6,10,12H,1-2,5,7-9H2/t12-/m1/s1. The molecule has 1 saturated heterocycles. The van der Waals surface area contributed by atoms with Crippen molar-refractivity contribution in [3.63, 3.8) is 0 Å². The molecule has 1 atom stereocenters. The highest BCUT2D eigenvalue weighted by Crippen LogP contribution is 2.13. The number of rotatable bonds is 4. The first-order valence-corrected chi connectivity index (χ1v) is 6.88. The van der Waals surface area contributed by atoms with Crippen LogP contribution in [0.3, 0.4) is 0 Å². The van der Waals surface area contributed by atoms with Crippen LogP contribution < -0.4 is 5.56 Å². The third-order valence-corrected chi connectivity index (χ3v) is 3.37. The van der Waals surface area contributed by atoms with E-state index in [1.165, 1.54) is 6.33 Å². The van der Waals surface area contributed by atoms with Crippen molar-refractivity contribution in [2.45, 2.75) is 32.1 Å². The Hall–Kier alpha value is -1.79. The molecule has 2 aromatic heterocycles. The van der Waals surface area contributed by atoms with Crippen LogP contribution in [0.15, 0.2) is 29.5 Å². The van der Waals surface area contributed by atoms with Crippen molar-refractivity contribution < 1.29 is 9.47 Å². The molecule has 6 heteroatoms. The second-order valence-corrected chi connectivity index (χ2v) is 4.78. The summed E-state index contributed by atoms with van der Waals surface area (Å²) in [5, 5.41) is 0.531. The normalized spacial score (nSPS) is 19.3. The predicted octanol–water partition coefficient (Wildman–Crippen LogP) is 1.33. The molecule has 0 aromatic carbocycles. The molecule has 6 nitrogen and oxygen atoms in total. The highest BCUT2D eigenvalue weighted by Gasteiger charge is 2.13.